The van der Waals surface area contributed by atoms with Gasteiger partial charge in [-0.15, -0.1) is 0 Å². The maximum atomic E-state index is 13.6. The molecule has 2 aliphatic heterocycles. The van der Waals surface area contributed by atoms with E-state index in [4.69, 9.17) is 10.1 Å². The molecular weight excluding hydrogens is 409 g/mol. The zero-order chi connectivity index (χ0) is 22.2. The van der Waals surface area contributed by atoms with Crippen molar-refractivity contribution in [3.8, 4) is 6.07 Å². The van der Waals surface area contributed by atoms with E-state index < -0.39 is 5.95 Å². The topological polar surface area (TPSA) is 90.4 Å². The number of amides is 1. The predicted octanol–water partition coefficient (Wildman–Crippen LogP) is 3.29. The second-order valence-corrected chi connectivity index (χ2v) is 8.54. The Bertz CT molecular complexity index is 1220. The van der Waals surface area contributed by atoms with Crippen LogP contribution >= 0.6 is 0 Å². The third kappa shape index (κ3) is 3.66. The molecule has 8 nitrogen and oxygen atoms in total. The molecule has 3 aromatic heterocycles. The van der Waals surface area contributed by atoms with Gasteiger partial charge in [-0.25, -0.2) is 14.5 Å². The first kappa shape index (κ1) is 20.4. The van der Waals surface area contributed by atoms with Crippen LogP contribution in [-0.2, 0) is 0 Å². The van der Waals surface area contributed by atoms with Crippen LogP contribution in [0.5, 0.6) is 0 Å². The van der Waals surface area contributed by atoms with Crippen molar-refractivity contribution in [1.82, 2.24) is 24.5 Å². The third-order valence-corrected chi connectivity index (χ3v) is 6.33. The lowest BCUT2D eigenvalue weighted by atomic mass is 9.99. The molecule has 32 heavy (non-hydrogen) atoms. The molecule has 5 heterocycles. The second-order valence-electron chi connectivity index (χ2n) is 8.54. The van der Waals surface area contributed by atoms with E-state index >= 15 is 0 Å². The van der Waals surface area contributed by atoms with E-state index in [1.54, 1.807) is 15.5 Å². The van der Waals surface area contributed by atoms with Crippen molar-refractivity contribution in [3.63, 3.8) is 0 Å². The Hall–Kier alpha value is -3.54. The monoisotopic (exact) mass is 433 g/mol. The van der Waals surface area contributed by atoms with Gasteiger partial charge in [-0.3, -0.25) is 4.79 Å². The first-order valence-corrected chi connectivity index (χ1v) is 11.0. The number of carbonyl (C=O) groups is 1. The lowest BCUT2D eigenvalue weighted by Crippen LogP contribution is -2.39. The van der Waals surface area contributed by atoms with E-state index in [0.29, 0.717) is 18.7 Å². The molecule has 0 bridgehead atoms. The fraction of sp³-hybridized carbons (Fsp3) is 0.435. The van der Waals surface area contributed by atoms with Crippen LogP contribution in [0.3, 0.4) is 0 Å². The van der Waals surface area contributed by atoms with Crippen molar-refractivity contribution in [2.24, 2.45) is 5.92 Å². The fourth-order valence-corrected chi connectivity index (χ4v) is 4.72. The lowest BCUT2D eigenvalue weighted by molar-refractivity contribution is 0.0598. The summed E-state index contributed by atoms with van der Waals surface area (Å²) in [5, 5.41) is 14.0. The number of halogens is 1. The van der Waals surface area contributed by atoms with Crippen LogP contribution in [-0.4, -0.2) is 50.0 Å². The van der Waals surface area contributed by atoms with Crippen molar-refractivity contribution in [2.45, 2.75) is 38.6 Å². The molecular formula is C23H24FN7O. The molecule has 164 valence electrons. The molecule has 0 saturated carbocycles. The Morgan fingerprint density at radius 2 is 2.09 bits per heavy atom. The Kier molecular flexibility index (Phi) is 5.21. The first-order chi connectivity index (χ1) is 15.5. The highest BCUT2D eigenvalue weighted by Crippen LogP contribution is 2.32. The number of hydrogen-bond acceptors (Lipinski definition) is 6. The van der Waals surface area contributed by atoms with E-state index in [1.807, 2.05) is 19.2 Å². The number of likely N-dealkylation sites (tertiary alicyclic amines) is 1. The van der Waals surface area contributed by atoms with Crippen LogP contribution in [0.4, 0.5) is 10.2 Å². The molecule has 9 heteroatoms. The lowest BCUT2D eigenvalue weighted by Gasteiger charge is -2.34. The van der Waals surface area contributed by atoms with Crippen LogP contribution in [0.25, 0.3) is 5.65 Å². The summed E-state index contributed by atoms with van der Waals surface area (Å²) in [6.07, 6.45) is 5.46. The number of hydrogen-bond donors (Lipinski definition) is 0. The number of nitriles is 1. The van der Waals surface area contributed by atoms with Crippen molar-refractivity contribution >= 4 is 17.4 Å². The molecule has 2 saturated heterocycles. The van der Waals surface area contributed by atoms with E-state index in [9.17, 15) is 14.4 Å². The second kappa shape index (κ2) is 8.19. The van der Waals surface area contributed by atoms with Gasteiger partial charge in [0.2, 0.25) is 5.95 Å². The normalized spacial score (nSPS) is 21.2. The van der Waals surface area contributed by atoms with Crippen LogP contribution in [0.1, 0.15) is 53.5 Å². The molecule has 0 N–H and O–H groups in total. The van der Waals surface area contributed by atoms with Crippen LogP contribution in [0.2, 0.25) is 0 Å². The van der Waals surface area contributed by atoms with E-state index in [-0.39, 0.29) is 23.6 Å². The summed E-state index contributed by atoms with van der Waals surface area (Å²) in [4.78, 5) is 25.6. The highest BCUT2D eigenvalue weighted by Gasteiger charge is 2.32. The smallest absolute Gasteiger partial charge is 0.273 e. The van der Waals surface area contributed by atoms with Crippen LogP contribution in [0, 0.1) is 30.1 Å². The highest BCUT2D eigenvalue weighted by atomic mass is 19.1. The number of rotatable bonds is 3. The first-order valence-electron chi connectivity index (χ1n) is 11.0. The molecule has 0 aliphatic carbocycles. The predicted molar refractivity (Wildman–Crippen MR) is 115 cm³/mol. The van der Waals surface area contributed by atoms with Gasteiger partial charge in [0.15, 0.2) is 5.65 Å². The summed E-state index contributed by atoms with van der Waals surface area (Å²) in [7, 11) is 0. The summed E-state index contributed by atoms with van der Waals surface area (Å²) < 4.78 is 15.3. The van der Waals surface area contributed by atoms with Gasteiger partial charge in [-0.1, -0.05) is 6.07 Å². The maximum absolute atomic E-state index is 13.6. The Labute approximate surface area is 185 Å². The third-order valence-electron chi connectivity index (χ3n) is 6.33. The molecule has 0 aromatic carbocycles. The summed E-state index contributed by atoms with van der Waals surface area (Å²) >= 11 is 0. The van der Waals surface area contributed by atoms with Crippen LogP contribution < -0.4 is 4.90 Å². The Morgan fingerprint density at radius 3 is 2.88 bits per heavy atom. The standard InChI is InChI=1S/C23H24FN7O/c1-15-13-31-21(27-22(15)29-10-8-16(12-25)14-29)11-18(28-31)19-6-2-3-9-30(19)23(32)17-5-4-7-20(24)26-17/h4-5,7,11,13,16,19H,2-3,6,8-10,14H2,1H3/t16-,19+/m1/s1. The van der Waals surface area contributed by atoms with Crippen LogP contribution in [0.15, 0.2) is 30.5 Å². The molecule has 1 amide bonds. The van der Waals surface area contributed by atoms with Gasteiger partial charge in [-0.2, -0.15) is 14.8 Å². The number of pyridine rings is 1. The van der Waals surface area contributed by atoms with Gasteiger partial charge in [0.05, 0.1) is 23.7 Å². The molecule has 2 fully saturated rings. The molecule has 0 spiro atoms. The number of nitrogens with zero attached hydrogens (tertiary/aromatic N) is 7. The van der Waals surface area contributed by atoms with E-state index in [2.05, 4.69) is 16.0 Å². The van der Waals surface area contributed by atoms with Crippen molar-refractivity contribution in [2.75, 3.05) is 24.5 Å². The number of carbonyl (C=O) groups excluding carboxylic acids is 1. The van der Waals surface area contributed by atoms with E-state index in [1.165, 1.54) is 12.1 Å². The number of fused-ring (bicyclic) bond motifs is 1. The van der Waals surface area contributed by atoms with Gasteiger partial charge < -0.3 is 9.80 Å². The molecule has 2 atom stereocenters. The van der Waals surface area contributed by atoms with Gasteiger partial charge >= 0.3 is 0 Å². The zero-order valence-corrected chi connectivity index (χ0v) is 17.9. The average Bonchev–Trinajstić information content (AvgIpc) is 3.44. The number of aryl methyl sites for hydroxylation is 1. The number of piperidine rings is 1. The van der Waals surface area contributed by atoms with Crippen molar-refractivity contribution in [1.29, 1.82) is 5.26 Å². The van der Waals surface area contributed by atoms with E-state index in [0.717, 1.165) is 49.3 Å². The quantitative estimate of drug-likeness (QED) is 0.589. The molecule has 0 radical (unpaired) electrons. The number of anilines is 1. The largest absolute Gasteiger partial charge is 0.355 e. The van der Waals surface area contributed by atoms with Gasteiger partial charge in [0.25, 0.3) is 5.91 Å². The molecule has 5 rings (SSSR count). The summed E-state index contributed by atoms with van der Waals surface area (Å²) in [5.41, 5.74) is 2.59. The Morgan fingerprint density at radius 1 is 1.22 bits per heavy atom. The van der Waals surface area contributed by atoms with Crippen molar-refractivity contribution < 1.29 is 9.18 Å². The maximum Gasteiger partial charge on any atom is 0.273 e. The molecule has 0 unspecified atom stereocenters. The highest BCUT2D eigenvalue weighted by molar-refractivity contribution is 5.92. The molecule has 2 aliphatic rings. The van der Waals surface area contributed by atoms with Gasteiger partial charge in [0.1, 0.15) is 11.5 Å². The van der Waals surface area contributed by atoms with Gasteiger partial charge in [-0.05, 0) is 44.7 Å². The summed E-state index contributed by atoms with van der Waals surface area (Å²) in [5.74, 6) is -0.0334. The fourth-order valence-electron chi connectivity index (χ4n) is 4.72. The minimum Gasteiger partial charge on any atom is -0.355 e. The van der Waals surface area contributed by atoms with Gasteiger partial charge in [0, 0.05) is 37.5 Å². The molecule has 3 aromatic rings. The minimum atomic E-state index is -0.662. The summed E-state index contributed by atoms with van der Waals surface area (Å²) in [6, 6.07) is 8.35. The summed E-state index contributed by atoms with van der Waals surface area (Å²) in [6.45, 7) is 4.08. The minimum absolute atomic E-state index is 0.0335. The Balaban J connectivity index is 1.46. The zero-order valence-electron chi connectivity index (χ0n) is 17.9. The van der Waals surface area contributed by atoms with Crippen molar-refractivity contribution in [3.05, 3.63) is 53.4 Å². The number of aromatic nitrogens is 4. The SMILES string of the molecule is Cc1cn2nc([C@@H]3CCCCN3C(=O)c3cccc(F)n3)cc2nc1N1CC[C@H](C#N)C1. The average molecular weight is 433 g/mol.